The van der Waals surface area contributed by atoms with Gasteiger partial charge in [0.05, 0.1) is 0 Å². The zero-order valence-corrected chi connectivity index (χ0v) is 19.3. The van der Waals surface area contributed by atoms with Gasteiger partial charge in [0.2, 0.25) is 5.91 Å². The Morgan fingerprint density at radius 3 is 2.65 bits per heavy atom. The van der Waals surface area contributed by atoms with Crippen LogP contribution in [0, 0.1) is 12.7 Å². The van der Waals surface area contributed by atoms with E-state index in [9.17, 15) is 14.0 Å². The number of aromatic nitrogens is 2. The third-order valence-electron chi connectivity index (χ3n) is 7.15. The quantitative estimate of drug-likeness (QED) is 0.598. The molecule has 1 aromatic heterocycles. The van der Waals surface area contributed by atoms with Gasteiger partial charge in [-0.05, 0) is 49.1 Å². The number of fused-ring (bicyclic) bond motifs is 1. The highest BCUT2D eigenvalue weighted by Gasteiger charge is 2.56. The summed E-state index contributed by atoms with van der Waals surface area (Å²) in [7, 11) is 0. The topological polar surface area (TPSA) is 67.2 Å². The number of benzene rings is 2. The van der Waals surface area contributed by atoms with Crippen LogP contribution in [-0.4, -0.2) is 27.4 Å². The Kier molecular flexibility index (Phi) is 5.94. The lowest BCUT2D eigenvalue weighted by molar-refractivity contribution is -0.133. The smallest absolute Gasteiger partial charge is 0.251 e. The summed E-state index contributed by atoms with van der Waals surface area (Å²) < 4.78 is 16.1. The Balaban J connectivity index is 1.59. The molecule has 2 aromatic carbocycles. The van der Waals surface area contributed by atoms with Gasteiger partial charge in [-0.15, -0.1) is 0 Å². The van der Waals surface area contributed by atoms with Crippen molar-refractivity contribution >= 4 is 17.5 Å². The molecule has 2 aliphatic rings. The summed E-state index contributed by atoms with van der Waals surface area (Å²) in [4.78, 5) is 33.7. The minimum absolute atomic E-state index is 0.00295. The van der Waals surface area contributed by atoms with Crippen LogP contribution in [0.2, 0.25) is 0 Å². The molecule has 1 N–H and O–H groups in total. The minimum Gasteiger partial charge on any atom is -0.351 e. The van der Waals surface area contributed by atoms with Crippen LogP contribution in [0.1, 0.15) is 49.1 Å². The van der Waals surface area contributed by atoms with E-state index < -0.39 is 11.4 Å². The van der Waals surface area contributed by atoms with Crippen molar-refractivity contribution in [3.63, 3.8) is 0 Å². The Labute approximate surface area is 198 Å². The van der Waals surface area contributed by atoms with E-state index >= 15 is 0 Å². The second-order valence-electron chi connectivity index (χ2n) is 9.31. The molecule has 34 heavy (non-hydrogen) atoms. The molecule has 1 atom stereocenters. The fourth-order valence-electron chi connectivity index (χ4n) is 5.38. The first kappa shape index (κ1) is 22.3. The monoisotopic (exact) mass is 460 g/mol. The van der Waals surface area contributed by atoms with Crippen LogP contribution in [0.15, 0.2) is 60.9 Å². The van der Waals surface area contributed by atoms with Crippen molar-refractivity contribution in [1.82, 2.24) is 14.9 Å². The number of hydrogen-bond donors (Lipinski definition) is 1. The van der Waals surface area contributed by atoms with E-state index in [0.29, 0.717) is 17.9 Å². The summed E-state index contributed by atoms with van der Waals surface area (Å²) in [5, 5.41) is 3.25. The van der Waals surface area contributed by atoms with Crippen LogP contribution in [0.4, 0.5) is 10.1 Å². The Morgan fingerprint density at radius 2 is 1.94 bits per heavy atom. The summed E-state index contributed by atoms with van der Waals surface area (Å²) in [5.74, 6) is -0.245. The molecule has 6 nitrogen and oxygen atoms in total. The van der Waals surface area contributed by atoms with Crippen molar-refractivity contribution in [2.24, 2.45) is 0 Å². The van der Waals surface area contributed by atoms with Crippen molar-refractivity contribution < 1.29 is 14.0 Å². The Morgan fingerprint density at radius 1 is 1.15 bits per heavy atom. The van der Waals surface area contributed by atoms with E-state index in [2.05, 4.69) is 10.3 Å². The first-order valence-corrected chi connectivity index (χ1v) is 11.9. The van der Waals surface area contributed by atoms with Gasteiger partial charge in [0.25, 0.3) is 5.91 Å². The Bertz CT molecular complexity index is 1220. The maximum absolute atomic E-state index is 14.4. The number of imidazole rings is 1. The van der Waals surface area contributed by atoms with Crippen LogP contribution in [-0.2, 0) is 28.1 Å². The predicted molar refractivity (Wildman–Crippen MR) is 128 cm³/mol. The van der Waals surface area contributed by atoms with E-state index in [1.54, 1.807) is 29.1 Å². The van der Waals surface area contributed by atoms with Gasteiger partial charge < -0.3 is 9.88 Å². The van der Waals surface area contributed by atoms with E-state index in [1.807, 2.05) is 31.2 Å². The number of nitrogens with one attached hydrogen (secondary N) is 1. The zero-order valence-electron chi connectivity index (χ0n) is 19.3. The van der Waals surface area contributed by atoms with Crippen molar-refractivity contribution in [3.05, 3.63) is 83.7 Å². The van der Waals surface area contributed by atoms with Gasteiger partial charge in [0.15, 0.2) is 5.54 Å². The molecule has 176 valence electrons. The number of hydrogen-bond acceptors (Lipinski definition) is 3. The largest absolute Gasteiger partial charge is 0.351 e. The van der Waals surface area contributed by atoms with E-state index in [-0.39, 0.29) is 24.4 Å². The fraction of sp³-hybridized carbons (Fsp3) is 0.370. The van der Waals surface area contributed by atoms with E-state index in [0.717, 1.165) is 36.8 Å². The molecule has 0 aliphatic heterocycles. The molecular formula is C27H29FN4O2. The predicted octanol–water partition coefficient (Wildman–Crippen LogP) is 4.26. The van der Waals surface area contributed by atoms with E-state index in [4.69, 9.17) is 0 Å². The molecular weight excluding hydrogens is 431 g/mol. The van der Waals surface area contributed by atoms with Crippen molar-refractivity contribution in [2.45, 2.75) is 63.6 Å². The summed E-state index contributed by atoms with van der Waals surface area (Å²) in [5.41, 5.74) is 0.960. The highest BCUT2D eigenvalue weighted by molar-refractivity contribution is 6.06. The number of nitrogens with zero attached hydrogens (tertiary/aromatic N) is 3. The number of aryl methyl sites for hydroxylation is 1. The second-order valence-corrected chi connectivity index (χ2v) is 9.31. The maximum Gasteiger partial charge on any atom is 0.251 e. The second kappa shape index (κ2) is 9.05. The lowest BCUT2D eigenvalue weighted by Crippen LogP contribution is -2.66. The van der Waals surface area contributed by atoms with Gasteiger partial charge in [-0.2, -0.15) is 0 Å². The SMILES string of the molecule is Cc1nccn1CC(=O)N(c1cccc(F)c1)C1(C(=O)NC2CCCCC2)Cc2ccccc21. The Hall–Kier alpha value is -3.48. The number of halogens is 1. The zero-order chi connectivity index (χ0) is 23.7. The molecule has 3 aromatic rings. The summed E-state index contributed by atoms with van der Waals surface area (Å²) in [6, 6.07) is 13.7. The molecule has 2 aliphatic carbocycles. The normalized spacial score (nSPS) is 19.7. The van der Waals surface area contributed by atoms with Crippen molar-refractivity contribution in [2.75, 3.05) is 4.90 Å². The first-order valence-electron chi connectivity index (χ1n) is 11.9. The summed E-state index contributed by atoms with van der Waals surface area (Å²) >= 11 is 0. The van der Waals surface area contributed by atoms with Crippen LogP contribution in [0.25, 0.3) is 0 Å². The molecule has 7 heteroatoms. The van der Waals surface area contributed by atoms with Crippen LogP contribution < -0.4 is 10.2 Å². The number of carbonyl (C=O) groups excluding carboxylic acids is 2. The molecule has 5 rings (SSSR count). The third kappa shape index (κ3) is 3.89. The highest BCUT2D eigenvalue weighted by atomic mass is 19.1. The molecule has 0 bridgehead atoms. The van der Waals surface area contributed by atoms with Gasteiger partial charge in [-0.3, -0.25) is 14.5 Å². The summed E-state index contributed by atoms with van der Waals surface area (Å²) in [6.45, 7) is 1.83. The molecule has 0 saturated heterocycles. The van der Waals surface area contributed by atoms with Gasteiger partial charge in [-0.1, -0.05) is 49.6 Å². The van der Waals surface area contributed by atoms with E-state index in [1.165, 1.54) is 23.5 Å². The fourth-order valence-corrected chi connectivity index (χ4v) is 5.38. The molecule has 0 radical (unpaired) electrons. The van der Waals surface area contributed by atoms with Crippen LogP contribution in [0.3, 0.4) is 0 Å². The summed E-state index contributed by atoms with van der Waals surface area (Å²) in [6.07, 6.45) is 8.98. The standard InChI is InChI=1S/C27H29FN4O2/c1-19-29-14-15-31(19)18-25(33)32(23-12-7-9-21(28)16-23)27(17-20-8-5-6-13-24(20)27)26(34)30-22-10-3-2-4-11-22/h5-9,12-16,22H,2-4,10-11,17-18H2,1H3,(H,30,34). The molecule has 2 amide bonds. The number of amides is 2. The average molecular weight is 461 g/mol. The lowest BCUT2D eigenvalue weighted by Gasteiger charge is -2.50. The minimum atomic E-state index is -1.23. The van der Waals surface area contributed by atoms with Crippen molar-refractivity contribution in [1.29, 1.82) is 0 Å². The molecule has 1 heterocycles. The van der Waals surface area contributed by atoms with Gasteiger partial charge in [0, 0.05) is 30.5 Å². The maximum atomic E-state index is 14.4. The highest BCUT2D eigenvalue weighted by Crippen LogP contribution is 2.46. The lowest BCUT2D eigenvalue weighted by atomic mass is 9.68. The average Bonchev–Trinajstić information content (AvgIpc) is 3.22. The van der Waals surface area contributed by atoms with Gasteiger partial charge in [0.1, 0.15) is 18.2 Å². The van der Waals surface area contributed by atoms with Gasteiger partial charge in [-0.25, -0.2) is 9.37 Å². The van der Waals surface area contributed by atoms with Gasteiger partial charge >= 0.3 is 0 Å². The molecule has 1 unspecified atom stereocenters. The first-order chi connectivity index (χ1) is 16.5. The van der Waals surface area contributed by atoms with Crippen molar-refractivity contribution in [3.8, 4) is 0 Å². The van der Waals surface area contributed by atoms with Crippen LogP contribution >= 0.6 is 0 Å². The number of anilines is 1. The van der Waals surface area contributed by atoms with Crippen LogP contribution in [0.5, 0.6) is 0 Å². The number of rotatable bonds is 6. The third-order valence-corrected chi connectivity index (χ3v) is 7.15. The molecule has 1 fully saturated rings. The molecule has 0 spiro atoms. The number of carbonyl (C=O) groups is 2. The molecule has 1 saturated carbocycles.